The maximum Gasteiger partial charge on any atom is 0.152 e. The van der Waals surface area contributed by atoms with Gasteiger partial charge in [0.2, 0.25) is 0 Å². The summed E-state index contributed by atoms with van der Waals surface area (Å²) >= 11 is 0. The summed E-state index contributed by atoms with van der Waals surface area (Å²) in [5, 5.41) is 0.505. The third kappa shape index (κ3) is 2.42. The minimum Gasteiger partial charge on any atom is -0.328 e. The molecule has 4 heteroatoms. The van der Waals surface area contributed by atoms with Crippen LogP contribution in [0.1, 0.15) is 18.2 Å². The Hall–Kier alpha value is -1.55. The summed E-state index contributed by atoms with van der Waals surface area (Å²) in [4.78, 5) is 4.10. The van der Waals surface area contributed by atoms with Crippen LogP contribution < -0.4 is 5.73 Å². The molecular formula is C13H14F2N2. The molecule has 2 N–H and O–H groups in total. The number of nitrogens with two attached hydrogens (primary N) is 1. The summed E-state index contributed by atoms with van der Waals surface area (Å²) < 4.78 is 26.8. The van der Waals surface area contributed by atoms with Crippen molar-refractivity contribution in [3.63, 3.8) is 0 Å². The van der Waals surface area contributed by atoms with Crippen LogP contribution in [0.4, 0.5) is 8.78 Å². The molecule has 2 rings (SSSR count). The van der Waals surface area contributed by atoms with Crippen LogP contribution in [0.3, 0.4) is 0 Å². The van der Waals surface area contributed by atoms with Crippen molar-refractivity contribution in [1.82, 2.24) is 4.98 Å². The highest BCUT2D eigenvalue weighted by atomic mass is 19.1. The number of pyridine rings is 1. The molecule has 2 aromatic rings. The Balaban J connectivity index is 2.73. The van der Waals surface area contributed by atoms with E-state index in [1.807, 2.05) is 13.0 Å². The van der Waals surface area contributed by atoms with Crippen molar-refractivity contribution in [2.24, 2.45) is 5.73 Å². The fourth-order valence-corrected chi connectivity index (χ4v) is 1.98. The molecule has 0 saturated heterocycles. The lowest BCUT2D eigenvalue weighted by atomic mass is 10.0. The van der Waals surface area contributed by atoms with Gasteiger partial charge < -0.3 is 5.73 Å². The van der Waals surface area contributed by atoms with Crippen molar-refractivity contribution < 1.29 is 8.78 Å². The molecule has 1 atom stereocenters. The molecule has 0 aliphatic carbocycles. The standard InChI is InChI=1S/C13H14F2N2/c1-7(16)3-9-4-8(2)17-13-11(9)5-10(14)6-12(13)15/h4-7H,3,16H2,1-2H3. The van der Waals surface area contributed by atoms with E-state index in [4.69, 9.17) is 5.73 Å². The number of nitrogens with zero attached hydrogens (tertiary/aromatic N) is 1. The number of aryl methyl sites for hydroxylation is 1. The summed E-state index contributed by atoms with van der Waals surface area (Å²) in [5.41, 5.74) is 7.49. The van der Waals surface area contributed by atoms with E-state index >= 15 is 0 Å². The summed E-state index contributed by atoms with van der Waals surface area (Å²) in [6, 6.07) is 3.92. The zero-order valence-corrected chi connectivity index (χ0v) is 9.80. The zero-order valence-electron chi connectivity index (χ0n) is 9.80. The number of benzene rings is 1. The summed E-state index contributed by atoms with van der Waals surface area (Å²) in [7, 11) is 0. The van der Waals surface area contributed by atoms with Gasteiger partial charge in [-0.2, -0.15) is 0 Å². The van der Waals surface area contributed by atoms with Gasteiger partial charge in [-0.05, 0) is 38.0 Å². The summed E-state index contributed by atoms with van der Waals surface area (Å²) in [6.45, 7) is 3.64. The largest absolute Gasteiger partial charge is 0.328 e. The highest BCUT2D eigenvalue weighted by molar-refractivity contribution is 5.83. The van der Waals surface area contributed by atoms with Crippen molar-refractivity contribution in [3.8, 4) is 0 Å². The fraction of sp³-hybridized carbons (Fsp3) is 0.308. The normalized spacial score (nSPS) is 13.0. The average Bonchev–Trinajstić information content (AvgIpc) is 2.19. The van der Waals surface area contributed by atoms with Crippen LogP contribution in [0.2, 0.25) is 0 Å². The van der Waals surface area contributed by atoms with Gasteiger partial charge in [0.15, 0.2) is 5.82 Å². The Labute approximate surface area is 98.5 Å². The molecule has 2 nitrogen and oxygen atoms in total. The minimum atomic E-state index is -0.630. The van der Waals surface area contributed by atoms with Gasteiger partial charge in [-0.1, -0.05) is 0 Å². The Bertz CT molecular complexity index is 565. The molecule has 0 aliphatic rings. The maximum atomic E-state index is 13.6. The summed E-state index contributed by atoms with van der Waals surface area (Å²) in [5.74, 6) is -1.22. The number of aromatic nitrogens is 1. The first-order valence-corrected chi connectivity index (χ1v) is 5.48. The van der Waals surface area contributed by atoms with Crippen LogP contribution in [0.5, 0.6) is 0 Å². The van der Waals surface area contributed by atoms with E-state index in [2.05, 4.69) is 4.98 Å². The lowest BCUT2D eigenvalue weighted by molar-refractivity contribution is 0.589. The predicted octanol–water partition coefficient (Wildman–Crippen LogP) is 2.71. The van der Waals surface area contributed by atoms with E-state index in [0.29, 0.717) is 17.5 Å². The van der Waals surface area contributed by atoms with Gasteiger partial charge in [0.1, 0.15) is 11.3 Å². The van der Waals surface area contributed by atoms with Crippen molar-refractivity contribution in [1.29, 1.82) is 0 Å². The van der Waals surface area contributed by atoms with Crippen LogP contribution in [-0.4, -0.2) is 11.0 Å². The first kappa shape index (κ1) is 11.9. The second-order valence-corrected chi connectivity index (χ2v) is 4.39. The third-order valence-electron chi connectivity index (χ3n) is 2.59. The Kier molecular flexibility index (Phi) is 3.07. The average molecular weight is 236 g/mol. The zero-order chi connectivity index (χ0) is 12.6. The highest BCUT2D eigenvalue weighted by Gasteiger charge is 2.11. The molecular weight excluding hydrogens is 222 g/mol. The Morgan fingerprint density at radius 3 is 2.65 bits per heavy atom. The molecule has 0 spiro atoms. The predicted molar refractivity (Wildman–Crippen MR) is 63.7 cm³/mol. The number of rotatable bonds is 2. The van der Waals surface area contributed by atoms with E-state index in [1.165, 1.54) is 6.07 Å². The molecule has 1 heterocycles. The number of hydrogen-bond donors (Lipinski definition) is 1. The first-order valence-electron chi connectivity index (χ1n) is 5.48. The van der Waals surface area contributed by atoms with Gasteiger partial charge in [0.25, 0.3) is 0 Å². The molecule has 1 aromatic heterocycles. The molecule has 90 valence electrons. The highest BCUT2D eigenvalue weighted by Crippen LogP contribution is 2.23. The quantitative estimate of drug-likeness (QED) is 0.870. The van der Waals surface area contributed by atoms with Crippen LogP contribution in [0, 0.1) is 18.6 Å². The van der Waals surface area contributed by atoms with E-state index in [-0.39, 0.29) is 11.6 Å². The molecule has 1 unspecified atom stereocenters. The maximum absolute atomic E-state index is 13.6. The minimum absolute atomic E-state index is 0.0636. The molecule has 1 aromatic carbocycles. The van der Waals surface area contributed by atoms with Gasteiger partial charge in [-0.25, -0.2) is 8.78 Å². The van der Waals surface area contributed by atoms with E-state index in [0.717, 1.165) is 11.6 Å². The third-order valence-corrected chi connectivity index (χ3v) is 2.59. The molecule has 0 aliphatic heterocycles. The first-order chi connectivity index (χ1) is 7.97. The van der Waals surface area contributed by atoms with Crippen LogP contribution in [-0.2, 0) is 6.42 Å². The monoisotopic (exact) mass is 236 g/mol. The van der Waals surface area contributed by atoms with Gasteiger partial charge in [-0.3, -0.25) is 4.98 Å². The van der Waals surface area contributed by atoms with E-state index < -0.39 is 11.6 Å². The molecule has 0 saturated carbocycles. The topological polar surface area (TPSA) is 38.9 Å². The van der Waals surface area contributed by atoms with Crippen molar-refractivity contribution in [3.05, 3.63) is 41.1 Å². The molecule has 0 amide bonds. The Morgan fingerprint density at radius 1 is 1.29 bits per heavy atom. The van der Waals surface area contributed by atoms with Crippen LogP contribution in [0.25, 0.3) is 10.9 Å². The van der Waals surface area contributed by atoms with E-state index in [1.54, 1.807) is 6.92 Å². The molecule has 0 fully saturated rings. The molecule has 0 bridgehead atoms. The second-order valence-electron chi connectivity index (χ2n) is 4.39. The summed E-state index contributed by atoms with van der Waals surface area (Å²) in [6.07, 6.45) is 0.572. The number of halogens is 2. The molecule has 17 heavy (non-hydrogen) atoms. The van der Waals surface area contributed by atoms with Crippen molar-refractivity contribution >= 4 is 10.9 Å². The van der Waals surface area contributed by atoms with Gasteiger partial charge in [0.05, 0.1) is 0 Å². The Morgan fingerprint density at radius 2 is 2.00 bits per heavy atom. The fourth-order valence-electron chi connectivity index (χ4n) is 1.98. The van der Waals surface area contributed by atoms with Crippen molar-refractivity contribution in [2.45, 2.75) is 26.3 Å². The van der Waals surface area contributed by atoms with Gasteiger partial charge in [0, 0.05) is 23.2 Å². The van der Waals surface area contributed by atoms with Gasteiger partial charge in [-0.15, -0.1) is 0 Å². The lowest BCUT2D eigenvalue weighted by Gasteiger charge is -2.10. The smallest absolute Gasteiger partial charge is 0.152 e. The SMILES string of the molecule is Cc1cc(CC(C)N)c2cc(F)cc(F)c2n1. The second kappa shape index (κ2) is 4.37. The van der Waals surface area contributed by atoms with Crippen LogP contribution >= 0.6 is 0 Å². The number of hydrogen-bond acceptors (Lipinski definition) is 2. The van der Waals surface area contributed by atoms with Gasteiger partial charge >= 0.3 is 0 Å². The lowest BCUT2D eigenvalue weighted by Crippen LogP contribution is -2.18. The van der Waals surface area contributed by atoms with Crippen LogP contribution in [0.15, 0.2) is 18.2 Å². The number of fused-ring (bicyclic) bond motifs is 1. The van der Waals surface area contributed by atoms with E-state index in [9.17, 15) is 8.78 Å². The van der Waals surface area contributed by atoms with Crippen molar-refractivity contribution in [2.75, 3.05) is 0 Å². The molecule has 0 radical (unpaired) electrons.